The second-order valence-electron chi connectivity index (χ2n) is 7.03. The van der Waals surface area contributed by atoms with Gasteiger partial charge in [-0.15, -0.1) is 0 Å². The minimum atomic E-state index is -0.0679. The van der Waals surface area contributed by atoms with Crippen LogP contribution in [0.15, 0.2) is 66.7 Å². The van der Waals surface area contributed by atoms with Crippen molar-refractivity contribution in [1.29, 1.82) is 0 Å². The summed E-state index contributed by atoms with van der Waals surface area (Å²) in [7, 11) is 0. The molecule has 1 heterocycles. The van der Waals surface area contributed by atoms with Crippen molar-refractivity contribution in [3.63, 3.8) is 0 Å². The van der Waals surface area contributed by atoms with Crippen LogP contribution in [-0.4, -0.2) is 28.7 Å². The van der Waals surface area contributed by atoms with Gasteiger partial charge >= 0.3 is 0 Å². The van der Waals surface area contributed by atoms with Crippen LogP contribution in [0.2, 0.25) is 0 Å². The topological polar surface area (TPSA) is 56.1 Å². The highest BCUT2D eigenvalue weighted by atomic mass is 16.5. The summed E-state index contributed by atoms with van der Waals surface area (Å²) in [5.41, 5.74) is 2.88. The summed E-state index contributed by atoms with van der Waals surface area (Å²) in [6.07, 6.45) is 1.18. The predicted molar refractivity (Wildman–Crippen MR) is 117 cm³/mol. The van der Waals surface area contributed by atoms with Crippen molar-refractivity contribution in [3.05, 3.63) is 72.3 Å². The number of benzene rings is 3. The number of nitrogens with zero attached hydrogens (tertiary/aromatic N) is 2. The van der Waals surface area contributed by atoms with Crippen LogP contribution >= 0.6 is 0 Å². The van der Waals surface area contributed by atoms with Gasteiger partial charge in [-0.05, 0) is 41.8 Å². The third-order valence-electron chi connectivity index (χ3n) is 4.96. The van der Waals surface area contributed by atoms with E-state index in [4.69, 9.17) is 4.74 Å². The average molecular weight is 387 g/mol. The number of anilines is 1. The summed E-state index contributed by atoms with van der Waals surface area (Å²) in [6.45, 7) is 4.13. The first kappa shape index (κ1) is 19.2. The third kappa shape index (κ3) is 4.46. The Morgan fingerprint density at radius 2 is 1.83 bits per heavy atom. The lowest BCUT2D eigenvalue weighted by molar-refractivity contribution is -0.115. The van der Waals surface area contributed by atoms with E-state index < -0.39 is 0 Å². The van der Waals surface area contributed by atoms with Gasteiger partial charge in [0.25, 0.3) is 0 Å². The zero-order chi connectivity index (χ0) is 20.1. The molecule has 0 saturated carbocycles. The maximum absolute atomic E-state index is 12.7. The van der Waals surface area contributed by atoms with Crippen LogP contribution in [0.5, 0.6) is 0 Å². The number of carbonyl (C=O) groups is 1. The molecule has 4 aromatic rings. The first-order chi connectivity index (χ1) is 14.2. The number of ether oxygens (including phenoxy) is 1. The number of nitrogens with one attached hydrogen (secondary N) is 1. The van der Waals surface area contributed by atoms with Gasteiger partial charge in [0.1, 0.15) is 0 Å². The molecule has 0 atom stereocenters. The van der Waals surface area contributed by atoms with Crippen molar-refractivity contribution >= 4 is 33.7 Å². The highest BCUT2D eigenvalue weighted by Gasteiger charge is 2.13. The van der Waals surface area contributed by atoms with Gasteiger partial charge in [-0.25, -0.2) is 4.98 Å². The predicted octanol–water partition coefficient (Wildman–Crippen LogP) is 4.80. The van der Waals surface area contributed by atoms with Crippen LogP contribution in [-0.2, 0) is 22.5 Å². The van der Waals surface area contributed by atoms with Gasteiger partial charge in [0.2, 0.25) is 11.9 Å². The largest absolute Gasteiger partial charge is 0.382 e. The summed E-state index contributed by atoms with van der Waals surface area (Å²) in [6, 6.07) is 22.2. The molecule has 1 amide bonds. The smallest absolute Gasteiger partial charge is 0.231 e. The molecule has 5 heteroatoms. The van der Waals surface area contributed by atoms with Crippen LogP contribution in [0.25, 0.3) is 21.8 Å². The Bertz CT molecular complexity index is 1130. The van der Waals surface area contributed by atoms with Crippen molar-refractivity contribution < 1.29 is 9.53 Å². The van der Waals surface area contributed by atoms with Gasteiger partial charge < -0.3 is 9.30 Å². The fourth-order valence-electron chi connectivity index (χ4n) is 3.57. The molecule has 0 spiro atoms. The minimum absolute atomic E-state index is 0.0679. The van der Waals surface area contributed by atoms with E-state index in [1.54, 1.807) is 0 Å². The molecule has 0 unspecified atom stereocenters. The zero-order valence-corrected chi connectivity index (χ0v) is 16.6. The molecular weight excluding hydrogens is 362 g/mol. The Balaban J connectivity index is 1.51. The van der Waals surface area contributed by atoms with Crippen LogP contribution in [0.4, 0.5) is 5.95 Å². The number of fused-ring (bicyclic) bond motifs is 2. The molecule has 0 aliphatic carbocycles. The number of rotatable bonds is 8. The summed E-state index contributed by atoms with van der Waals surface area (Å²) >= 11 is 0. The lowest BCUT2D eigenvalue weighted by Crippen LogP contribution is -2.18. The fraction of sp³-hybridized carbons (Fsp3) is 0.250. The molecule has 0 aliphatic heterocycles. The van der Waals surface area contributed by atoms with E-state index in [-0.39, 0.29) is 5.91 Å². The van der Waals surface area contributed by atoms with Crippen LogP contribution in [0.3, 0.4) is 0 Å². The van der Waals surface area contributed by atoms with Crippen molar-refractivity contribution in [3.8, 4) is 0 Å². The van der Waals surface area contributed by atoms with E-state index in [2.05, 4.69) is 39.1 Å². The van der Waals surface area contributed by atoms with E-state index >= 15 is 0 Å². The van der Waals surface area contributed by atoms with Gasteiger partial charge in [-0.2, -0.15) is 0 Å². The third-order valence-corrected chi connectivity index (χ3v) is 4.96. The average Bonchev–Trinajstić information content (AvgIpc) is 3.08. The number of amides is 1. The van der Waals surface area contributed by atoms with E-state index in [1.165, 1.54) is 5.39 Å². The lowest BCUT2D eigenvalue weighted by Gasteiger charge is -2.10. The first-order valence-electron chi connectivity index (χ1n) is 10.0. The molecule has 1 aromatic heterocycles. The van der Waals surface area contributed by atoms with E-state index in [0.717, 1.165) is 34.9 Å². The van der Waals surface area contributed by atoms with Crippen LogP contribution in [0, 0.1) is 0 Å². The van der Waals surface area contributed by atoms with E-state index in [1.807, 2.05) is 49.4 Å². The Morgan fingerprint density at radius 1 is 1.03 bits per heavy atom. The maximum Gasteiger partial charge on any atom is 0.231 e. The van der Waals surface area contributed by atoms with E-state index in [0.29, 0.717) is 25.6 Å². The van der Waals surface area contributed by atoms with Gasteiger partial charge in [-0.3, -0.25) is 10.1 Å². The van der Waals surface area contributed by atoms with Crippen molar-refractivity contribution in [1.82, 2.24) is 9.55 Å². The normalized spacial score (nSPS) is 11.2. The highest BCUT2D eigenvalue weighted by molar-refractivity contribution is 5.93. The zero-order valence-electron chi connectivity index (χ0n) is 16.6. The van der Waals surface area contributed by atoms with Crippen molar-refractivity contribution in [2.75, 3.05) is 18.5 Å². The summed E-state index contributed by atoms with van der Waals surface area (Å²) in [5.74, 6) is 0.523. The molecule has 29 heavy (non-hydrogen) atoms. The summed E-state index contributed by atoms with van der Waals surface area (Å²) in [5, 5.41) is 5.32. The number of carbonyl (C=O) groups excluding carboxylic acids is 1. The summed E-state index contributed by atoms with van der Waals surface area (Å²) in [4.78, 5) is 17.4. The molecular formula is C24H25N3O2. The SMILES string of the molecule is CCOCCCn1c(NC(=O)Cc2ccc3ccccc3c2)nc2ccccc21. The monoisotopic (exact) mass is 387 g/mol. The molecule has 0 radical (unpaired) electrons. The van der Waals surface area contributed by atoms with Crippen LogP contribution in [0.1, 0.15) is 18.9 Å². The number of hydrogen-bond donors (Lipinski definition) is 1. The Kier molecular flexibility index (Phi) is 5.86. The van der Waals surface area contributed by atoms with Gasteiger partial charge in [-0.1, -0.05) is 54.6 Å². The summed E-state index contributed by atoms with van der Waals surface area (Å²) < 4.78 is 7.52. The second-order valence-corrected chi connectivity index (χ2v) is 7.03. The van der Waals surface area contributed by atoms with Gasteiger partial charge in [0.15, 0.2) is 0 Å². The lowest BCUT2D eigenvalue weighted by atomic mass is 10.1. The molecule has 4 rings (SSSR count). The Labute approximate surface area is 170 Å². The standard InChI is InChI=1S/C24H25N3O2/c1-2-29-15-7-14-27-22-11-6-5-10-21(22)25-24(27)26-23(28)17-18-12-13-19-8-3-4-9-20(19)16-18/h3-6,8-13,16H,2,7,14-15,17H2,1H3,(H,25,26,28). The molecule has 1 N–H and O–H groups in total. The molecule has 0 saturated heterocycles. The number of para-hydroxylation sites is 2. The molecule has 3 aromatic carbocycles. The molecule has 0 fully saturated rings. The van der Waals surface area contributed by atoms with Crippen molar-refractivity contribution in [2.45, 2.75) is 26.3 Å². The Hall–Kier alpha value is -3.18. The first-order valence-corrected chi connectivity index (χ1v) is 10.0. The number of aromatic nitrogens is 2. The molecule has 0 aliphatic rings. The van der Waals surface area contributed by atoms with E-state index in [9.17, 15) is 4.79 Å². The second kappa shape index (κ2) is 8.88. The minimum Gasteiger partial charge on any atom is -0.382 e. The maximum atomic E-state index is 12.7. The quantitative estimate of drug-likeness (QED) is 0.442. The van der Waals surface area contributed by atoms with Gasteiger partial charge in [0, 0.05) is 19.8 Å². The molecule has 148 valence electrons. The van der Waals surface area contributed by atoms with Crippen molar-refractivity contribution in [2.24, 2.45) is 0 Å². The van der Waals surface area contributed by atoms with Gasteiger partial charge in [0.05, 0.1) is 17.5 Å². The number of imidazole rings is 1. The molecule has 0 bridgehead atoms. The number of aryl methyl sites for hydroxylation is 1. The van der Waals surface area contributed by atoms with Crippen LogP contribution < -0.4 is 5.32 Å². The highest BCUT2D eigenvalue weighted by Crippen LogP contribution is 2.21. The Morgan fingerprint density at radius 3 is 2.69 bits per heavy atom. The fourth-order valence-corrected chi connectivity index (χ4v) is 3.57. The number of hydrogen-bond acceptors (Lipinski definition) is 3. The molecule has 5 nitrogen and oxygen atoms in total.